The lowest BCUT2D eigenvalue weighted by molar-refractivity contribution is 0.119. The molecule has 0 saturated carbocycles. The monoisotopic (exact) mass is 197 g/mol. The first-order valence-corrected chi connectivity index (χ1v) is 5.18. The second kappa shape index (κ2) is 6.62. The van der Waals surface area contributed by atoms with Gasteiger partial charge in [0.05, 0.1) is 12.9 Å². The third-order valence-electron chi connectivity index (χ3n) is 2.02. The van der Waals surface area contributed by atoms with Gasteiger partial charge in [-0.25, -0.2) is 0 Å². The van der Waals surface area contributed by atoms with Gasteiger partial charge in [-0.05, 0) is 25.0 Å². The molecule has 0 aliphatic rings. The Balaban J connectivity index is 2.06. The first-order valence-electron chi connectivity index (χ1n) is 5.18. The lowest BCUT2D eigenvalue weighted by atomic mass is 10.1. The molecule has 80 valence electrons. The standard InChI is InChI=1S/C11H19NO2/c1-2-7-13-9-10(12)5-6-11-4-3-8-14-11/h3-4,8,10H,2,5-7,9,12H2,1H3. The number of nitrogens with two attached hydrogens (primary N) is 1. The molecule has 2 N–H and O–H groups in total. The van der Waals surface area contributed by atoms with Gasteiger partial charge in [-0.2, -0.15) is 0 Å². The van der Waals surface area contributed by atoms with Crippen molar-refractivity contribution in [2.45, 2.75) is 32.2 Å². The molecule has 1 aromatic rings. The smallest absolute Gasteiger partial charge is 0.103 e. The summed E-state index contributed by atoms with van der Waals surface area (Å²) in [6.07, 6.45) is 4.54. The van der Waals surface area contributed by atoms with Crippen molar-refractivity contribution in [1.29, 1.82) is 0 Å². The Hall–Kier alpha value is -0.800. The molecule has 1 heterocycles. The van der Waals surface area contributed by atoms with Crippen LogP contribution in [0.2, 0.25) is 0 Å². The van der Waals surface area contributed by atoms with E-state index in [0.717, 1.165) is 31.6 Å². The van der Waals surface area contributed by atoms with Crippen LogP contribution in [-0.2, 0) is 11.2 Å². The Bertz CT molecular complexity index is 221. The van der Waals surface area contributed by atoms with E-state index in [9.17, 15) is 0 Å². The molecule has 0 bridgehead atoms. The van der Waals surface area contributed by atoms with E-state index in [1.54, 1.807) is 6.26 Å². The van der Waals surface area contributed by atoms with Crippen LogP contribution in [0.3, 0.4) is 0 Å². The van der Waals surface area contributed by atoms with E-state index in [0.29, 0.717) is 6.61 Å². The quantitative estimate of drug-likeness (QED) is 0.680. The topological polar surface area (TPSA) is 48.4 Å². The van der Waals surface area contributed by atoms with Crippen molar-refractivity contribution < 1.29 is 9.15 Å². The maximum absolute atomic E-state index is 5.86. The van der Waals surface area contributed by atoms with Gasteiger partial charge >= 0.3 is 0 Å². The van der Waals surface area contributed by atoms with Crippen LogP contribution in [0.5, 0.6) is 0 Å². The molecule has 0 saturated heterocycles. The molecule has 14 heavy (non-hydrogen) atoms. The molecule has 0 aromatic carbocycles. The molecule has 1 aromatic heterocycles. The van der Waals surface area contributed by atoms with E-state index in [4.69, 9.17) is 14.9 Å². The predicted molar refractivity (Wildman–Crippen MR) is 56.1 cm³/mol. The highest BCUT2D eigenvalue weighted by Crippen LogP contribution is 2.05. The van der Waals surface area contributed by atoms with Gasteiger partial charge in [-0.3, -0.25) is 0 Å². The van der Waals surface area contributed by atoms with Crippen molar-refractivity contribution in [2.24, 2.45) is 5.73 Å². The summed E-state index contributed by atoms with van der Waals surface area (Å²) >= 11 is 0. The molecule has 0 amide bonds. The predicted octanol–water partition coefficient (Wildman–Crippen LogP) is 1.97. The summed E-state index contributed by atoms with van der Waals surface area (Å²) in [6, 6.07) is 3.99. The van der Waals surface area contributed by atoms with Crippen LogP contribution in [0.15, 0.2) is 22.8 Å². The molecule has 3 heteroatoms. The fraction of sp³-hybridized carbons (Fsp3) is 0.636. The van der Waals surface area contributed by atoms with Gasteiger partial charge in [0.2, 0.25) is 0 Å². The number of hydrogen-bond acceptors (Lipinski definition) is 3. The zero-order valence-electron chi connectivity index (χ0n) is 8.74. The van der Waals surface area contributed by atoms with E-state index in [1.807, 2.05) is 12.1 Å². The number of furan rings is 1. The molecule has 0 radical (unpaired) electrons. The van der Waals surface area contributed by atoms with E-state index < -0.39 is 0 Å². The van der Waals surface area contributed by atoms with Crippen molar-refractivity contribution in [2.75, 3.05) is 13.2 Å². The average Bonchev–Trinajstić information content (AvgIpc) is 2.68. The second-order valence-electron chi connectivity index (χ2n) is 3.45. The fourth-order valence-electron chi connectivity index (χ4n) is 1.24. The number of hydrogen-bond donors (Lipinski definition) is 1. The molecule has 3 nitrogen and oxygen atoms in total. The van der Waals surface area contributed by atoms with Gasteiger partial charge in [0.15, 0.2) is 0 Å². The Kier molecular flexibility index (Phi) is 5.33. The van der Waals surface area contributed by atoms with E-state index >= 15 is 0 Å². The first-order chi connectivity index (χ1) is 6.83. The summed E-state index contributed by atoms with van der Waals surface area (Å²) < 4.78 is 10.6. The number of rotatable bonds is 7. The molecule has 0 aliphatic carbocycles. The van der Waals surface area contributed by atoms with Crippen molar-refractivity contribution in [1.82, 2.24) is 0 Å². The molecule has 1 unspecified atom stereocenters. The Morgan fingerprint density at radius 2 is 2.43 bits per heavy atom. The number of ether oxygens (including phenoxy) is 1. The first kappa shape index (κ1) is 11.3. The summed E-state index contributed by atoms with van der Waals surface area (Å²) in [5.74, 6) is 0.996. The minimum absolute atomic E-state index is 0.117. The summed E-state index contributed by atoms with van der Waals surface area (Å²) in [6.45, 7) is 3.54. The highest BCUT2D eigenvalue weighted by molar-refractivity contribution is 4.98. The van der Waals surface area contributed by atoms with Crippen molar-refractivity contribution in [3.63, 3.8) is 0 Å². The van der Waals surface area contributed by atoms with Crippen LogP contribution >= 0.6 is 0 Å². The molecule has 0 spiro atoms. The van der Waals surface area contributed by atoms with Crippen LogP contribution in [-0.4, -0.2) is 19.3 Å². The fourth-order valence-corrected chi connectivity index (χ4v) is 1.24. The van der Waals surface area contributed by atoms with Gasteiger partial charge in [0.25, 0.3) is 0 Å². The van der Waals surface area contributed by atoms with E-state index in [2.05, 4.69) is 6.92 Å². The minimum Gasteiger partial charge on any atom is -0.469 e. The van der Waals surface area contributed by atoms with Crippen LogP contribution < -0.4 is 5.73 Å². The zero-order chi connectivity index (χ0) is 10.2. The Morgan fingerprint density at radius 1 is 1.57 bits per heavy atom. The molecule has 0 aliphatic heterocycles. The maximum Gasteiger partial charge on any atom is 0.103 e. The highest BCUT2D eigenvalue weighted by atomic mass is 16.5. The van der Waals surface area contributed by atoms with Crippen LogP contribution in [0, 0.1) is 0 Å². The maximum atomic E-state index is 5.86. The largest absolute Gasteiger partial charge is 0.469 e. The van der Waals surface area contributed by atoms with Gasteiger partial charge < -0.3 is 14.9 Å². The summed E-state index contributed by atoms with van der Waals surface area (Å²) in [4.78, 5) is 0. The number of aryl methyl sites for hydroxylation is 1. The van der Waals surface area contributed by atoms with Gasteiger partial charge in [-0.1, -0.05) is 6.92 Å². The minimum atomic E-state index is 0.117. The SMILES string of the molecule is CCCOCC(N)CCc1ccco1. The van der Waals surface area contributed by atoms with E-state index in [-0.39, 0.29) is 6.04 Å². The van der Waals surface area contributed by atoms with Gasteiger partial charge in [0.1, 0.15) is 5.76 Å². The normalized spacial score (nSPS) is 13.0. The second-order valence-corrected chi connectivity index (χ2v) is 3.45. The summed E-state index contributed by atoms with van der Waals surface area (Å²) in [5.41, 5.74) is 5.86. The average molecular weight is 197 g/mol. The van der Waals surface area contributed by atoms with E-state index in [1.165, 1.54) is 0 Å². The Labute approximate surface area is 85.2 Å². The summed E-state index contributed by atoms with van der Waals surface area (Å²) in [7, 11) is 0. The lowest BCUT2D eigenvalue weighted by Gasteiger charge is -2.10. The third kappa shape index (κ3) is 4.44. The highest BCUT2D eigenvalue weighted by Gasteiger charge is 2.04. The van der Waals surface area contributed by atoms with Crippen molar-refractivity contribution >= 4 is 0 Å². The summed E-state index contributed by atoms with van der Waals surface area (Å²) in [5, 5.41) is 0. The van der Waals surface area contributed by atoms with Crippen molar-refractivity contribution in [3.05, 3.63) is 24.2 Å². The molecular weight excluding hydrogens is 178 g/mol. The van der Waals surface area contributed by atoms with Crippen LogP contribution in [0.25, 0.3) is 0 Å². The lowest BCUT2D eigenvalue weighted by Crippen LogP contribution is -2.26. The Morgan fingerprint density at radius 3 is 3.07 bits per heavy atom. The molecule has 1 rings (SSSR count). The van der Waals surface area contributed by atoms with Crippen molar-refractivity contribution in [3.8, 4) is 0 Å². The molecule has 1 atom stereocenters. The van der Waals surface area contributed by atoms with Crippen LogP contribution in [0.4, 0.5) is 0 Å². The molecule has 0 fully saturated rings. The third-order valence-corrected chi connectivity index (χ3v) is 2.02. The van der Waals surface area contributed by atoms with Gasteiger partial charge in [0, 0.05) is 19.1 Å². The molecular formula is C11H19NO2. The van der Waals surface area contributed by atoms with Gasteiger partial charge in [-0.15, -0.1) is 0 Å². The zero-order valence-corrected chi connectivity index (χ0v) is 8.74. The van der Waals surface area contributed by atoms with Crippen LogP contribution in [0.1, 0.15) is 25.5 Å².